The number of amides is 1. The zero-order valence-electron chi connectivity index (χ0n) is 15.5. The lowest BCUT2D eigenvalue weighted by Crippen LogP contribution is -2.35. The molecule has 0 saturated carbocycles. The predicted octanol–water partition coefficient (Wildman–Crippen LogP) is 2.46. The van der Waals surface area contributed by atoms with Gasteiger partial charge in [-0.15, -0.1) is 0 Å². The Bertz CT molecular complexity index is 826. The van der Waals surface area contributed by atoms with E-state index in [1.54, 1.807) is 11.6 Å². The summed E-state index contributed by atoms with van der Waals surface area (Å²) in [6, 6.07) is 8.02. The molecule has 6 nitrogen and oxygen atoms in total. The fourth-order valence-electron chi connectivity index (χ4n) is 3.50. The molecule has 3 rings (SSSR count). The molecule has 1 aliphatic rings. The molecular weight excluding hydrogens is 330 g/mol. The van der Waals surface area contributed by atoms with Gasteiger partial charge in [0.15, 0.2) is 5.78 Å². The molecule has 138 valence electrons. The van der Waals surface area contributed by atoms with E-state index in [0.717, 1.165) is 17.9 Å². The normalized spacial score (nSPS) is 15.9. The van der Waals surface area contributed by atoms with Gasteiger partial charge in [0.1, 0.15) is 5.75 Å². The third kappa shape index (κ3) is 3.95. The number of ether oxygens (including phenoxy) is 1. The maximum Gasteiger partial charge on any atom is 0.221 e. The van der Waals surface area contributed by atoms with Gasteiger partial charge < -0.3 is 10.1 Å². The van der Waals surface area contributed by atoms with E-state index in [1.807, 2.05) is 32.0 Å². The van der Waals surface area contributed by atoms with Crippen LogP contribution in [-0.2, 0) is 17.8 Å². The number of nitrogens with zero attached hydrogens (tertiary/aromatic N) is 2. The van der Waals surface area contributed by atoms with E-state index in [2.05, 4.69) is 16.5 Å². The molecule has 1 aromatic carbocycles. The number of ketones is 1. The number of hydrogen-bond donors (Lipinski definition) is 1. The van der Waals surface area contributed by atoms with Crippen molar-refractivity contribution in [3.05, 3.63) is 46.8 Å². The van der Waals surface area contributed by atoms with Crippen LogP contribution in [-0.4, -0.2) is 34.6 Å². The minimum atomic E-state index is -0.0132. The number of carbonyl (C=O) groups excluding carboxylic acids is 2. The summed E-state index contributed by atoms with van der Waals surface area (Å²) in [6.07, 6.45) is 1.25. The SMILES string of the molecule is CC(=O)c1c(C)nn(CCC(=O)NC[C@H]2COc3ccccc3C2)c1C. The summed E-state index contributed by atoms with van der Waals surface area (Å²) in [7, 11) is 0. The molecule has 26 heavy (non-hydrogen) atoms. The lowest BCUT2D eigenvalue weighted by atomic mass is 9.97. The summed E-state index contributed by atoms with van der Waals surface area (Å²) >= 11 is 0. The summed E-state index contributed by atoms with van der Waals surface area (Å²) in [5.41, 5.74) is 3.38. The van der Waals surface area contributed by atoms with Gasteiger partial charge in [-0.2, -0.15) is 5.10 Å². The standard InChI is InChI=1S/C20H25N3O3/c1-13-20(15(3)24)14(2)23(22-13)9-8-19(25)21-11-16-10-17-6-4-5-7-18(17)26-12-16/h4-7,16H,8-12H2,1-3H3,(H,21,25)/t16-/m0/s1. The molecule has 0 bridgehead atoms. The number of benzene rings is 1. The second-order valence-corrected chi connectivity index (χ2v) is 6.87. The largest absolute Gasteiger partial charge is 0.493 e. The average Bonchev–Trinajstić information content (AvgIpc) is 2.91. The Kier molecular flexibility index (Phi) is 5.40. The van der Waals surface area contributed by atoms with Gasteiger partial charge in [0, 0.05) is 31.1 Å². The number of hydrogen-bond acceptors (Lipinski definition) is 4. The van der Waals surface area contributed by atoms with Crippen LogP contribution >= 0.6 is 0 Å². The second kappa shape index (κ2) is 7.72. The summed E-state index contributed by atoms with van der Waals surface area (Å²) in [5.74, 6) is 1.22. The quantitative estimate of drug-likeness (QED) is 0.808. The molecule has 1 aromatic heterocycles. The van der Waals surface area contributed by atoms with Gasteiger partial charge in [-0.1, -0.05) is 18.2 Å². The van der Waals surface area contributed by atoms with Crippen LogP contribution in [0.25, 0.3) is 0 Å². The first kappa shape index (κ1) is 18.2. The van der Waals surface area contributed by atoms with Crippen LogP contribution in [0.3, 0.4) is 0 Å². The van der Waals surface area contributed by atoms with E-state index >= 15 is 0 Å². The predicted molar refractivity (Wildman–Crippen MR) is 98.5 cm³/mol. The van der Waals surface area contributed by atoms with Gasteiger partial charge >= 0.3 is 0 Å². The van der Waals surface area contributed by atoms with E-state index in [0.29, 0.717) is 37.4 Å². The van der Waals surface area contributed by atoms with Crippen LogP contribution in [0.4, 0.5) is 0 Å². The molecule has 1 N–H and O–H groups in total. The van der Waals surface area contributed by atoms with Crippen LogP contribution < -0.4 is 10.1 Å². The fraction of sp³-hybridized carbons (Fsp3) is 0.450. The molecule has 0 fully saturated rings. The van der Waals surface area contributed by atoms with Crippen LogP contribution in [0.2, 0.25) is 0 Å². The van der Waals surface area contributed by atoms with Crippen molar-refractivity contribution in [2.75, 3.05) is 13.2 Å². The highest BCUT2D eigenvalue weighted by Crippen LogP contribution is 2.26. The summed E-state index contributed by atoms with van der Waals surface area (Å²) in [5, 5.41) is 7.36. The number of Topliss-reactive ketones (excluding diaryl/α,β-unsaturated/α-hetero) is 1. The van der Waals surface area contributed by atoms with Crippen LogP contribution in [0, 0.1) is 19.8 Å². The van der Waals surface area contributed by atoms with Crippen LogP contribution in [0.5, 0.6) is 5.75 Å². The highest BCUT2D eigenvalue weighted by molar-refractivity contribution is 5.96. The number of fused-ring (bicyclic) bond motifs is 1. The topological polar surface area (TPSA) is 73.2 Å². The van der Waals surface area contributed by atoms with Crippen molar-refractivity contribution < 1.29 is 14.3 Å². The molecule has 0 aliphatic carbocycles. The van der Waals surface area contributed by atoms with Crippen molar-refractivity contribution in [3.63, 3.8) is 0 Å². The Balaban J connectivity index is 1.48. The minimum Gasteiger partial charge on any atom is -0.493 e. The first-order valence-electron chi connectivity index (χ1n) is 8.98. The van der Waals surface area contributed by atoms with Crippen molar-refractivity contribution in [1.82, 2.24) is 15.1 Å². The van der Waals surface area contributed by atoms with Gasteiger partial charge in [0.05, 0.1) is 17.9 Å². The molecule has 2 heterocycles. The van der Waals surface area contributed by atoms with Gasteiger partial charge in [0.25, 0.3) is 0 Å². The number of rotatable bonds is 6. The number of para-hydroxylation sites is 1. The molecule has 1 atom stereocenters. The maximum absolute atomic E-state index is 12.2. The van der Waals surface area contributed by atoms with Crippen LogP contribution in [0.1, 0.15) is 40.7 Å². The van der Waals surface area contributed by atoms with E-state index in [4.69, 9.17) is 4.74 Å². The molecule has 0 saturated heterocycles. The first-order chi connectivity index (χ1) is 12.5. The Morgan fingerprint density at radius 2 is 2.08 bits per heavy atom. The smallest absolute Gasteiger partial charge is 0.221 e. The van der Waals surface area contributed by atoms with Gasteiger partial charge in [-0.25, -0.2) is 0 Å². The Hall–Kier alpha value is -2.63. The van der Waals surface area contributed by atoms with Crippen molar-refractivity contribution >= 4 is 11.7 Å². The van der Waals surface area contributed by atoms with E-state index in [9.17, 15) is 9.59 Å². The molecule has 6 heteroatoms. The molecular formula is C20H25N3O3. The lowest BCUT2D eigenvalue weighted by Gasteiger charge is -2.25. The maximum atomic E-state index is 12.2. The number of aryl methyl sites for hydroxylation is 2. The van der Waals surface area contributed by atoms with Crippen LogP contribution in [0.15, 0.2) is 24.3 Å². The van der Waals surface area contributed by atoms with E-state index in [-0.39, 0.29) is 17.6 Å². The molecule has 0 spiro atoms. The molecule has 0 unspecified atom stereocenters. The van der Waals surface area contributed by atoms with Crippen molar-refractivity contribution in [2.24, 2.45) is 5.92 Å². The molecule has 1 amide bonds. The average molecular weight is 355 g/mol. The number of nitrogens with one attached hydrogen (secondary N) is 1. The second-order valence-electron chi connectivity index (χ2n) is 6.87. The Labute approximate surface area is 153 Å². The van der Waals surface area contributed by atoms with Gasteiger partial charge in [0.2, 0.25) is 5.91 Å². The monoisotopic (exact) mass is 355 g/mol. The Morgan fingerprint density at radius 3 is 2.81 bits per heavy atom. The highest BCUT2D eigenvalue weighted by Gasteiger charge is 2.20. The minimum absolute atomic E-state index is 0.00767. The lowest BCUT2D eigenvalue weighted by molar-refractivity contribution is -0.121. The highest BCUT2D eigenvalue weighted by atomic mass is 16.5. The third-order valence-corrected chi connectivity index (χ3v) is 4.83. The first-order valence-corrected chi connectivity index (χ1v) is 8.98. The zero-order valence-corrected chi connectivity index (χ0v) is 15.5. The molecule has 1 aliphatic heterocycles. The number of aromatic nitrogens is 2. The van der Waals surface area contributed by atoms with Gasteiger partial charge in [-0.05, 0) is 38.8 Å². The zero-order chi connectivity index (χ0) is 18.7. The number of carbonyl (C=O) groups is 2. The third-order valence-electron chi connectivity index (χ3n) is 4.83. The molecule has 2 aromatic rings. The van der Waals surface area contributed by atoms with Crippen molar-refractivity contribution in [3.8, 4) is 5.75 Å². The van der Waals surface area contributed by atoms with Gasteiger partial charge in [-0.3, -0.25) is 14.3 Å². The summed E-state index contributed by atoms with van der Waals surface area (Å²) in [4.78, 5) is 23.8. The summed E-state index contributed by atoms with van der Waals surface area (Å²) in [6.45, 7) is 6.92. The molecule has 0 radical (unpaired) electrons. The fourth-order valence-corrected chi connectivity index (χ4v) is 3.50. The van der Waals surface area contributed by atoms with Crippen molar-refractivity contribution in [2.45, 2.75) is 40.2 Å². The van der Waals surface area contributed by atoms with E-state index in [1.165, 1.54) is 5.56 Å². The van der Waals surface area contributed by atoms with Crippen molar-refractivity contribution in [1.29, 1.82) is 0 Å². The summed E-state index contributed by atoms with van der Waals surface area (Å²) < 4.78 is 7.50. The van der Waals surface area contributed by atoms with E-state index < -0.39 is 0 Å². The Morgan fingerprint density at radius 1 is 1.31 bits per heavy atom.